The minimum Gasteiger partial charge on any atom is -0.494 e. The molecular weight excluding hydrogens is 250 g/mol. The van der Waals surface area contributed by atoms with Gasteiger partial charge in [0.2, 0.25) is 5.91 Å². The van der Waals surface area contributed by atoms with Crippen LogP contribution in [0.25, 0.3) is 0 Å². The summed E-state index contributed by atoms with van der Waals surface area (Å²) in [6.07, 6.45) is 1.22. The van der Waals surface area contributed by atoms with E-state index < -0.39 is 0 Å². The van der Waals surface area contributed by atoms with Crippen LogP contribution in [0.4, 0.5) is 0 Å². The molecule has 1 aromatic rings. The molecule has 100 valence electrons. The summed E-state index contributed by atoms with van der Waals surface area (Å²) in [5.74, 6) is 1.35. The second kappa shape index (κ2) is 7.98. The van der Waals surface area contributed by atoms with E-state index in [2.05, 4.69) is 19.2 Å². The zero-order valence-electron chi connectivity index (χ0n) is 10.9. The lowest BCUT2D eigenvalue weighted by molar-refractivity contribution is -0.121. The maximum Gasteiger partial charge on any atom is 0.220 e. The number of amides is 1. The van der Waals surface area contributed by atoms with E-state index in [1.54, 1.807) is 12.1 Å². The van der Waals surface area contributed by atoms with Crippen LogP contribution in [-0.4, -0.2) is 19.1 Å². The highest BCUT2D eigenvalue weighted by Gasteiger charge is 2.02. The summed E-state index contributed by atoms with van der Waals surface area (Å²) < 4.78 is 5.50. The van der Waals surface area contributed by atoms with E-state index in [1.165, 1.54) is 0 Å². The molecule has 1 N–H and O–H groups in total. The van der Waals surface area contributed by atoms with Gasteiger partial charge in [0.15, 0.2) is 0 Å². The van der Waals surface area contributed by atoms with Gasteiger partial charge in [0, 0.05) is 18.0 Å². The summed E-state index contributed by atoms with van der Waals surface area (Å²) in [5.41, 5.74) is 0. The molecular formula is C14H20ClNO2. The third kappa shape index (κ3) is 6.50. The molecule has 18 heavy (non-hydrogen) atoms. The van der Waals surface area contributed by atoms with Crippen molar-refractivity contribution in [1.29, 1.82) is 0 Å². The first-order valence-corrected chi connectivity index (χ1v) is 6.61. The van der Waals surface area contributed by atoms with E-state index in [-0.39, 0.29) is 5.91 Å². The largest absolute Gasteiger partial charge is 0.494 e. The summed E-state index contributed by atoms with van der Waals surface area (Å²) in [6.45, 7) is 5.42. The second-order valence-electron chi connectivity index (χ2n) is 4.60. The predicted molar refractivity (Wildman–Crippen MR) is 74.0 cm³/mol. The van der Waals surface area contributed by atoms with Crippen LogP contribution in [0, 0.1) is 5.92 Å². The van der Waals surface area contributed by atoms with Crippen molar-refractivity contribution >= 4 is 17.5 Å². The zero-order valence-corrected chi connectivity index (χ0v) is 11.7. The van der Waals surface area contributed by atoms with Crippen LogP contribution in [0.2, 0.25) is 5.02 Å². The molecule has 0 aliphatic heterocycles. The zero-order chi connectivity index (χ0) is 13.4. The minimum absolute atomic E-state index is 0.0865. The highest BCUT2D eigenvalue weighted by Crippen LogP contribution is 2.15. The summed E-state index contributed by atoms with van der Waals surface area (Å²) in [5, 5.41) is 3.57. The summed E-state index contributed by atoms with van der Waals surface area (Å²) >= 11 is 5.77. The molecule has 0 aliphatic rings. The van der Waals surface area contributed by atoms with Crippen LogP contribution in [-0.2, 0) is 4.79 Å². The van der Waals surface area contributed by atoms with Crippen LogP contribution in [0.15, 0.2) is 24.3 Å². The number of rotatable bonds is 7. The summed E-state index contributed by atoms with van der Waals surface area (Å²) in [4.78, 5) is 11.4. The molecule has 0 spiro atoms. The van der Waals surface area contributed by atoms with Gasteiger partial charge in [-0.3, -0.25) is 4.79 Å². The number of hydrogen-bond acceptors (Lipinski definition) is 2. The standard InChI is InChI=1S/C14H20ClNO2/c1-11(2)10-16-14(17)4-3-9-18-13-7-5-12(15)6-8-13/h5-8,11H,3-4,9-10H2,1-2H3,(H,16,17). The number of ether oxygens (including phenoxy) is 1. The molecule has 1 amide bonds. The smallest absolute Gasteiger partial charge is 0.220 e. The lowest BCUT2D eigenvalue weighted by atomic mass is 10.2. The molecule has 0 fully saturated rings. The Morgan fingerprint density at radius 1 is 1.33 bits per heavy atom. The van der Waals surface area contributed by atoms with Gasteiger partial charge in [0.25, 0.3) is 0 Å². The molecule has 0 aliphatic carbocycles. The van der Waals surface area contributed by atoms with Gasteiger partial charge in [-0.25, -0.2) is 0 Å². The molecule has 0 saturated heterocycles. The van der Waals surface area contributed by atoms with Crippen molar-refractivity contribution in [3.8, 4) is 5.75 Å². The van der Waals surface area contributed by atoms with Gasteiger partial charge in [-0.05, 0) is 36.6 Å². The van der Waals surface area contributed by atoms with E-state index in [0.717, 1.165) is 12.3 Å². The molecule has 0 unspecified atom stereocenters. The fourth-order valence-corrected chi connectivity index (χ4v) is 1.49. The third-order valence-corrected chi connectivity index (χ3v) is 2.59. The van der Waals surface area contributed by atoms with Crippen molar-refractivity contribution in [2.45, 2.75) is 26.7 Å². The molecule has 0 atom stereocenters. The molecule has 4 heteroatoms. The van der Waals surface area contributed by atoms with Crippen LogP contribution in [0.5, 0.6) is 5.75 Å². The Kier molecular flexibility index (Phi) is 6.58. The van der Waals surface area contributed by atoms with Crippen molar-refractivity contribution in [3.63, 3.8) is 0 Å². The molecule has 1 rings (SSSR count). The van der Waals surface area contributed by atoms with Crippen LogP contribution >= 0.6 is 11.6 Å². The normalized spacial score (nSPS) is 10.4. The first kappa shape index (κ1) is 14.8. The van der Waals surface area contributed by atoms with Crippen molar-refractivity contribution in [1.82, 2.24) is 5.32 Å². The van der Waals surface area contributed by atoms with Crippen LogP contribution < -0.4 is 10.1 Å². The van der Waals surface area contributed by atoms with Gasteiger partial charge in [0.1, 0.15) is 5.75 Å². The van der Waals surface area contributed by atoms with Crippen molar-refractivity contribution < 1.29 is 9.53 Å². The fourth-order valence-electron chi connectivity index (χ4n) is 1.36. The Hall–Kier alpha value is -1.22. The molecule has 0 bridgehead atoms. The topological polar surface area (TPSA) is 38.3 Å². The minimum atomic E-state index is 0.0865. The van der Waals surface area contributed by atoms with Crippen LogP contribution in [0.1, 0.15) is 26.7 Å². The number of nitrogens with one attached hydrogen (secondary N) is 1. The first-order chi connectivity index (χ1) is 8.58. The highest BCUT2D eigenvalue weighted by molar-refractivity contribution is 6.30. The molecule has 0 heterocycles. The van der Waals surface area contributed by atoms with E-state index in [1.807, 2.05) is 12.1 Å². The Bertz CT molecular complexity index is 363. The van der Waals surface area contributed by atoms with Crippen molar-refractivity contribution in [3.05, 3.63) is 29.3 Å². The number of benzene rings is 1. The van der Waals surface area contributed by atoms with E-state index in [9.17, 15) is 4.79 Å². The SMILES string of the molecule is CC(C)CNC(=O)CCCOc1ccc(Cl)cc1. The monoisotopic (exact) mass is 269 g/mol. The van der Waals surface area contributed by atoms with Crippen molar-refractivity contribution in [2.24, 2.45) is 5.92 Å². The Balaban J connectivity index is 2.11. The molecule has 0 saturated carbocycles. The Labute approximate surface area is 113 Å². The number of hydrogen-bond donors (Lipinski definition) is 1. The lowest BCUT2D eigenvalue weighted by Gasteiger charge is -2.08. The maximum absolute atomic E-state index is 11.4. The van der Waals surface area contributed by atoms with Crippen LogP contribution in [0.3, 0.4) is 0 Å². The number of halogens is 1. The highest BCUT2D eigenvalue weighted by atomic mass is 35.5. The molecule has 3 nitrogen and oxygen atoms in total. The van der Waals surface area contributed by atoms with Gasteiger partial charge < -0.3 is 10.1 Å². The Morgan fingerprint density at radius 2 is 2.00 bits per heavy atom. The van der Waals surface area contributed by atoms with Gasteiger partial charge >= 0.3 is 0 Å². The summed E-state index contributed by atoms with van der Waals surface area (Å²) in [7, 11) is 0. The van der Waals surface area contributed by atoms with Gasteiger partial charge in [-0.15, -0.1) is 0 Å². The molecule has 0 aromatic heterocycles. The average molecular weight is 270 g/mol. The number of carbonyl (C=O) groups is 1. The van der Waals surface area contributed by atoms with Crippen molar-refractivity contribution in [2.75, 3.05) is 13.2 Å². The maximum atomic E-state index is 11.4. The van der Waals surface area contributed by atoms with Gasteiger partial charge in [-0.1, -0.05) is 25.4 Å². The first-order valence-electron chi connectivity index (χ1n) is 6.23. The van der Waals surface area contributed by atoms with Gasteiger partial charge in [-0.2, -0.15) is 0 Å². The quantitative estimate of drug-likeness (QED) is 0.772. The third-order valence-electron chi connectivity index (χ3n) is 2.34. The lowest BCUT2D eigenvalue weighted by Crippen LogP contribution is -2.27. The second-order valence-corrected chi connectivity index (χ2v) is 5.04. The summed E-state index contributed by atoms with van der Waals surface area (Å²) in [6, 6.07) is 7.21. The molecule has 0 radical (unpaired) electrons. The van der Waals surface area contributed by atoms with E-state index in [4.69, 9.17) is 16.3 Å². The predicted octanol–water partition coefficient (Wildman–Crippen LogP) is 3.27. The average Bonchev–Trinajstić information content (AvgIpc) is 2.34. The van der Waals surface area contributed by atoms with E-state index >= 15 is 0 Å². The fraction of sp³-hybridized carbons (Fsp3) is 0.500. The van der Waals surface area contributed by atoms with E-state index in [0.29, 0.717) is 30.4 Å². The molecule has 1 aromatic carbocycles. The Morgan fingerprint density at radius 3 is 2.61 bits per heavy atom. The number of carbonyl (C=O) groups excluding carboxylic acids is 1. The van der Waals surface area contributed by atoms with Gasteiger partial charge in [0.05, 0.1) is 6.61 Å².